The van der Waals surface area contributed by atoms with Crippen molar-refractivity contribution in [2.45, 2.75) is 23.9 Å². The molecule has 7 nitrogen and oxygen atoms in total. The number of ether oxygens (including phenoxy) is 1. The van der Waals surface area contributed by atoms with Crippen LogP contribution in [0.2, 0.25) is 5.02 Å². The van der Waals surface area contributed by atoms with Gasteiger partial charge in [0.2, 0.25) is 6.54 Å². The summed E-state index contributed by atoms with van der Waals surface area (Å²) in [6.45, 7) is 1.64. The van der Waals surface area contributed by atoms with Crippen LogP contribution in [0, 0.1) is 22.9 Å². The lowest BCUT2D eigenvalue weighted by atomic mass is 10.1. The minimum atomic E-state index is -0.559. The number of halogens is 2. The molecule has 0 aliphatic heterocycles. The fourth-order valence-corrected chi connectivity index (χ4v) is 4.80. The Bertz CT molecular complexity index is 1300. The largest absolute Gasteiger partial charge is 0.487 e. The summed E-state index contributed by atoms with van der Waals surface area (Å²) in [6, 6.07) is 20.7. The van der Waals surface area contributed by atoms with Crippen LogP contribution >= 0.6 is 23.4 Å². The minimum Gasteiger partial charge on any atom is -0.487 e. The zero-order chi connectivity index (χ0) is 24.1. The van der Waals surface area contributed by atoms with Gasteiger partial charge in [0.15, 0.2) is 5.16 Å². The number of hydrogen-bond acceptors (Lipinski definition) is 6. The Labute approximate surface area is 204 Å². The lowest BCUT2D eigenvalue weighted by Gasteiger charge is -2.16. The molecule has 0 unspecified atom stereocenters. The highest BCUT2D eigenvalue weighted by atomic mass is 35.5. The predicted octanol–water partition coefficient (Wildman–Crippen LogP) is 6.06. The lowest BCUT2D eigenvalue weighted by molar-refractivity contribution is -0.479. The van der Waals surface area contributed by atoms with E-state index in [-0.39, 0.29) is 23.9 Å². The van der Waals surface area contributed by atoms with Gasteiger partial charge in [-0.2, -0.15) is 0 Å². The van der Waals surface area contributed by atoms with Crippen molar-refractivity contribution in [3.8, 4) is 11.4 Å². The van der Waals surface area contributed by atoms with Gasteiger partial charge in [-0.1, -0.05) is 59.8 Å². The molecule has 0 fully saturated rings. The molecular weight excluding hydrogens is 479 g/mol. The first-order valence-corrected chi connectivity index (χ1v) is 11.6. The molecule has 34 heavy (non-hydrogen) atoms. The molecule has 0 aliphatic carbocycles. The average Bonchev–Trinajstić information content (AvgIpc) is 3.18. The predicted molar refractivity (Wildman–Crippen MR) is 129 cm³/mol. The molecule has 4 rings (SSSR count). The van der Waals surface area contributed by atoms with Crippen LogP contribution in [0.1, 0.15) is 22.2 Å². The van der Waals surface area contributed by atoms with E-state index < -0.39 is 5.25 Å². The SMILES string of the molecule is Cc1nnc(S[C@H](C[N+](=O)[O-])c2ccc(OCc3cccc(F)c3)c(Cl)c2)n1-c1ccccc1. The summed E-state index contributed by atoms with van der Waals surface area (Å²) < 4.78 is 21.0. The van der Waals surface area contributed by atoms with E-state index in [0.717, 1.165) is 5.69 Å². The smallest absolute Gasteiger partial charge is 0.220 e. The first-order valence-electron chi connectivity index (χ1n) is 10.3. The van der Waals surface area contributed by atoms with Crippen LogP contribution in [0.5, 0.6) is 5.75 Å². The number of para-hydroxylation sites is 1. The molecular formula is C24H20ClFN4O3S. The average molecular weight is 499 g/mol. The second-order valence-corrected chi connectivity index (χ2v) is 9.01. The van der Waals surface area contributed by atoms with Gasteiger partial charge in [0.25, 0.3) is 0 Å². The summed E-state index contributed by atoms with van der Waals surface area (Å²) in [6.07, 6.45) is 0. The third-order valence-electron chi connectivity index (χ3n) is 4.98. The van der Waals surface area contributed by atoms with Crippen LogP contribution in [0.3, 0.4) is 0 Å². The van der Waals surface area contributed by atoms with E-state index >= 15 is 0 Å². The molecule has 1 heterocycles. The third kappa shape index (κ3) is 5.73. The van der Waals surface area contributed by atoms with Crippen molar-refractivity contribution in [1.29, 1.82) is 0 Å². The van der Waals surface area contributed by atoms with E-state index in [4.69, 9.17) is 16.3 Å². The summed E-state index contributed by atoms with van der Waals surface area (Å²) in [5.74, 6) is 0.733. The maximum Gasteiger partial charge on any atom is 0.220 e. The lowest BCUT2D eigenvalue weighted by Crippen LogP contribution is -2.11. The second kappa shape index (κ2) is 10.7. The third-order valence-corrected chi connectivity index (χ3v) is 6.46. The van der Waals surface area contributed by atoms with Gasteiger partial charge in [-0.25, -0.2) is 4.39 Å². The Hall–Kier alpha value is -3.43. The number of hydrogen-bond donors (Lipinski definition) is 0. The number of benzene rings is 3. The van der Waals surface area contributed by atoms with E-state index in [1.54, 1.807) is 30.3 Å². The van der Waals surface area contributed by atoms with Crippen LogP contribution in [0.25, 0.3) is 5.69 Å². The molecule has 0 radical (unpaired) electrons. The summed E-state index contributed by atoms with van der Waals surface area (Å²) in [7, 11) is 0. The molecule has 0 amide bonds. The Kier molecular flexibility index (Phi) is 7.44. The molecule has 174 valence electrons. The van der Waals surface area contributed by atoms with Gasteiger partial charge in [-0.05, 0) is 54.4 Å². The van der Waals surface area contributed by atoms with Crippen molar-refractivity contribution < 1.29 is 14.1 Å². The number of aryl methyl sites for hydroxylation is 1. The van der Waals surface area contributed by atoms with Crippen LogP contribution in [-0.4, -0.2) is 26.2 Å². The fourth-order valence-electron chi connectivity index (χ4n) is 3.39. The number of nitrogens with zero attached hydrogens (tertiary/aromatic N) is 4. The van der Waals surface area contributed by atoms with Crippen molar-refractivity contribution in [3.63, 3.8) is 0 Å². The van der Waals surface area contributed by atoms with Gasteiger partial charge in [0.1, 0.15) is 29.2 Å². The van der Waals surface area contributed by atoms with Gasteiger partial charge in [0, 0.05) is 10.6 Å². The molecule has 1 aromatic heterocycles. The normalized spacial score (nSPS) is 11.9. The van der Waals surface area contributed by atoms with E-state index in [1.807, 2.05) is 41.8 Å². The van der Waals surface area contributed by atoms with Crippen LogP contribution in [-0.2, 0) is 6.61 Å². The summed E-state index contributed by atoms with van der Waals surface area (Å²) >= 11 is 7.68. The van der Waals surface area contributed by atoms with E-state index in [1.165, 1.54) is 23.9 Å². The van der Waals surface area contributed by atoms with E-state index in [2.05, 4.69) is 10.2 Å². The molecule has 0 spiro atoms. The van der Waals surface area contributed by atoms with E-state index in [0.29, 0.717) is 32.9 Å². The molecule has 3 aromatic carbocycles. The van der Waals surface area contributed by atoms with Crippen LogP contribution < -0.4 is 4.74 Å². The Morgan fingerprint density at radius 3 is 2.62 bits per heavy atom. The van der Waals surface area contributed by atoms with Gasteiger partial charge in [-0.15, -0.1) is 10.2 Å². The Morgan fingerprint density at radius 2 is 1.91 bits per heavy atom. The highest BCUT2D eigenvalue weighted by Crippen LogP contribution is 2.38. The molecule has 4 aromatic rings. The topological polar surface area (TPSA) is 83.1 Å². The molecule has 10 heteroatoms. The van der Waals surface area contributed by atoms with Crippen molar-refractivity contribution in [2.24, 2.45) is 0 Å². The zero-order valence-electron chi connectivity index (χ0n) is 18.1. The molecule has 0 saturated heterocycles. The first-order chi connectivity index (χ1) is 16.4. The van der Waals surface area contributed by atoms with Crippen LogP contribution in [0.4, 0.5) is 4.39 Å². The van der Waals surface area contributed by atoms with Crippen molar-refractivity contribution in [3.05, 3.63) is 111 Å². The fraction of sp³-hybridized carbons (Fsp3) is 0.167. The minimum absolute atomic E-state index is 0.142. The van der Waals surface area contributed by atoms with Gasteiger partial charge < -0.3 is 4.74 Å². The quantitative estimate of drug-likeness (QED) is 0.158. The zero-order valence-corrected chi connectivity index (χ0v) is 19.7. The van der Waals surface area contributed by atoms with Gasteiger partial charge >= 0.3 is 0 Å². The summed E-state index contributed by atoms with van der Waals surface area (Å²) in [4.78, 5) is 11.1. The van der Waals surface area contributed by atoms with Crippen LogP contribution in [0.15, 0.2) is 78.0 Å². The van der Waals surface area contributed by atoms with Crippen molar-refractivity contribution in [1.82, 2.24) is 14.8 Å². The summed E-state index contributed by atoms with van der Waals surface area (Å²) in [5.41, 5.74) is 2.19. The number of aromatic nitrogens is 3. The number of thioether (sulfide) groups is 1. The maximum atomic E-state index is 13.4. The van der Waals surface area contributed by atoms with Gasteiger partial charge in [0.05, 0.1) is 5.02 Å². The first kappa shape index (κ1) is 23.7. The molecule has 0 N–H and O–H groups in total. The standard InChI is InChI=1S/C24H20ClFN4O3S/c1-16-27-28-24(30(16)20-8-3-2-4-9-20)34-23(14-29(31)32)18-10-11-22(21(25)13-18)33-15-17-6-5-7-19(26)12-17/h2-13,23H,14-15H2,1H3/t23-/m1/s1. The molecule has 0 aliphatic rings. The van der Waals surface area contributed by atoms with Gasteiger partial charge in [-0.3, -0.25) is 14.7 Å². The Balaban J connectivity index is 1.57. The summed E-state index contributed by atoms with van der Waals surface area (Å²) in [5, 5.41) is 20.1. The highest BCUT2D eigenvalue weighted by molar-refractivity contribution is 7.99. The molecule has 1 atom stereocenters. The molecule has 0 saturated carbocycles. The number of rotatable bonds is 9. The Morgan fingerprint density at radius 1 is 1.12 bits per heavy atom. The van der Waals surface area contributed by atoms with Crippen molar-refractivity contribution in [2.75, 3.05) is 6.54 Å². The van der Waals surface area contributed by atoms with Crippen molar-refractivity contribution >= 4 is 23.4 Å². The second-order valence-electron chi connectivity index (χ2n) is 7.43. The maximum absolute atomic E-state index is 13.4. The highest BCUT2D eigenvalue weighted by Gasteiger charge is 2.24. The van der Waals surface area contributed by atoms with E-state index in [9.17, 15) is 14.5 Å². The number of nitro groups is 1. The molecule has 0 bridgehead atoms. The monoisotopic (exact) mass is 498 g/mol.